The minimum Gasteiger partial charge on any atom is -0.439 e. The van der Waals surface area contributed by atoms with E-state index in [0.717, 1.165) is 18.8 Å². The van der Waals surface area contributed by atoms with E-state index in [1.807, 2.05) is 0 Å². The molecule has 0 fully saturated rings. The second kappa shape index (κ2) is 6.36. The fourth-order valence-corrected chi connectivity index (χ4v) is 1.49. The van der Waals surface area contributed by atoms with Crippen LogP contribution in [0.1, 0.15) is 18.9 Å². The molecular formula is C14H14N4O. The fraction of sp³-hybridized carbons (Fsp3) is 0.214. The Bertz CT molecular complexity index is 592. The molecule has 0 spiro atoms. The van der Waals surface area contributed by atoms with Crippen LogP contribution in [0.25, 0.3) is 0 Å². The highest BCUT2D eigenvalue weighted by atomic mass is 16.5. The summed E-state index contributed by atoms with van der Waals surface area (Å²) in [6.45, 7) is 2.93. The Balaban J connectivity index is 2.12. The van der Waals surface area contributed by atoms with Crippen LogP contribution < -0.4 is 10.1 Å². The Hall–Kier alpha value is -2.61. The summed E-state index contributed by atoms with van der Waals surface area (Å²) in [5.41, 5.74) is 0.552. The lowest BCUT2D eigenvalue weighted by molar-refractivity contribution is 0.461. The van der Waals surface area contributed by atoms with E-state index in [9.17, 15) is 0 Å². The van der Waals surface area contributed by atoms with Crippen LogP contribution in [0.2, 0.25) is 0 Å². The van der Waals surface area contributed by atoms with Gasteiger partial charge in [-0.15, -0.1) is 0 Å². The smallest absolute Gasteiger partial charge is 0.224 e. The van der Waals surface area contributed by atoms with E-state index in [4.69, 9.17) is 10.00 Å². The molecule has 0 aliphatic carbocycles. The molecule has 0 unspecified atom stereocenters. The van der Waals surface area contributed by atoms with E-state index in [0.29, 0.717) is 17.2 Å². The van der Waals surface area contributed by atoms with Gasteiger partial charge in [-0.3, -0.25) is 0 Å². The number of rotatable bonds is 5. The van der Waals surface area contributed by atoms with E-state index in [1.165, 1.54) is 6.33 Å². The maximum atomic E-state index is 8.83. The molecule has 0 saturated carbocycles. The number of anilines is 1. The Morgan fingerprint density at radius 3 is 3.00 bits per heavy atom. The first kappa shape index (κ1) is 12.8. The molecule has 0 aliphatic heterocycles. The van der Waals surface area contributed by atoms with Crippen LogP contribution in [0.4, 0.5) is 5.82 Å². The van der Waals surface area contributed by atoms with Crippen molar-refractivity contribution in [3.05, 3.63) is 42.2 Å². The predicted molar refractivity (Wildman–Crippen MR) is 72.0 cm³/mol. The normalized spacial score (nSPS) is 9.68. The third-order valence-corrected chi connectivity index (χ3v) is 2.38. The molecule has 96 valence electrons. The van der Waals surface area contributed by atoms with E-state index in [-0.39, 0.29) is 0 Å². The molecular weight excluding hydrogens is 240 g/mol. The summed E-state index contributed by atoms with van der Waals surface area (Å²) in [5, 5.41) is 12.0. The molecule has 1 N–H and O–H groups in total. The molecule has 1 aromatic carbocycles. The summed E-state index contributed by atoms with van der Waals surface area (Å²) >= 11 is 0. The van der Waals surface area contributed by atoms with E-state index in [1.54, 1.807) is 30.3 Å². The molecule has 19 heavy (non-hydrogen) atoms. The average molecular weight is 254 g/mol. The van der Waals surface area contributed by atoms with Crippen LogP contribution in [-0.2, 0) is 0 Å². The lowest BCUT2D eigenvalue weighted by Crippen LogP contribution is -2.02. The quantitative estimate of drug-likeness (QED) is 0.888. The summed E-state index contributed by atoms with van der Waals surface area (Å²) in [6, 6.07) is 10.7. The van der Waals surface area contributed by atoms with Gasteiger partial charge < -0.3 is 10.1 Å². The zero-order valence-corrected chi connectivity index (χ0v) is 10.6. The topological polar surface area (TPSA) is 70.8 Å². The van der Waals surface area contributed by atoms with Crippen molar-refractivity contribution >= 4 is 5.82 Å². The molecule has 1 aromatic heterocycles. The van der Waals surface area contributed by atoms with Gasteiger partial charge in [0.15, 0.2) is 0 Å². The first-order valence-corrected chi connectivity index (χ1v) is 6.05. The van der Waals surface area contributed by atoms with Crippen molar-refractivity contribution < 1.29 is 4.74 Å². The largest absolute Gasteiger partial charge is 0.439 e. The predicted octanol–water partition coefficient (Wildman–Crippen LogP) is 2.96. The van der Waals surface area contributed by atoms with Crippen LogP contribution in [0.15, 0.2) is 36.7 Å². The molecule has 0 aliphatic rings. The molecule has 0 saturated heterocycles. The van der Waals surface area contributed by atoms with Gasteiger partial charge in [0.1, 0.15) is 17.9 Å². The monoisotopic (exact) mass is 254 g/mol. The number of benzene rings is 1. The maximum absolute atomic E-state index is 8.83. The molecule has 1 heterocycles. The third kappa shape index (κ3) is 3.68. The van der Waals surface area contributed by atoms with Crippen LogP contribution in [0.5, 0.6) is 11.6 Å². The fourth-order valence-electron chi connectivity index (χ4n) is 1.49. The average Bonchev–Trinajstić information content (AvgIpc) is 2.46. The summed E-state index contributed by atoms with van der Waals surface area (Å²) in [7, 11) is 0. The molecule has 0 radical (unpaired) electrons. The van der Waals surface area contributed by atoms with Crippen molar-refractivity contribution in [1.29, 1.82) is 5.26 Å². The van der Waals surface area contributed by atoms with Crippen molar-refractivity contribution in [2.75, 3.05) is 11.9 Å². The number of ether oxygens (including phenoxy) is 1. The molecule has 5 heteroatoms. The van der Waals surface area contributed by atoms with Gasteiger partial charge in [0.05, 0.1) is 11.6 Å². The standard InChI is InChI=1S/C14H14N4O/c1-2-6-16-13-8-14(18-10-17-13)19-12-5-3-4-11(7-12)9-15/h3-5,7-8,10H,2,6H2,1H3,(H,16,17,18). The number of aromatic nitrogens is 2. The van der Waals surface area contributed by atoms with E-state index in [2.05, 4.69) is 28.3 Å². The van der Waals surface area contributed by atoms with E-state index < -0.39 is 0 Å². The minimum atomic E-state index is 0.448. The lowest BCUT2D eigenvalue weighted by atomic mass is 10.2. The van der Waals surface area contributed by atoms with Gasteiger partial charge in [-0.1, -0.05) is 13.0 Å². The second-order valence-electron chi connectivity index (χ2n) is 3.91. The van der Waals surface area contributed by atoms with Crippen molar-refractivity contribution in [3.8, 4) is 17.7 Å². The summed E-state index contributed by atoms with van der Waals surface area (Å²) in [5.74, 6) is 1.76. The zero-order chi connectivity index (χ0) is 13.5. The minimum absolute atomic E-state index is 0.448. The Morgan fingerprint density at radius 1 is 1.32 bits per heavy atom. The lowest BCUT2D eigenvalue weighted by Gasteiger charge is -2.07. The Labute approximate surface area is 111 Å². The molecule has 5 nitrogen and oxygen atoms in total. The maximum Gasteiger partial charge on any atom is 0.224 e. The van der Waals surface area contributed by atoms with Gasteiger partial charge in [-0.05, 0) is 24.6 Å². The van der Waals surface area contributed by atoms with Crippen LogP contribution in [-0.4, -0.2) is 16.5 Å². The highest BCUT2D eigenvalue weighted by Gasteiger charge is 2.02. The summed E-state index contributed by atoms with van der Waals surface area (Å²) in [6.07, 6.45) is 2.46. The molecule has 0 atom stereocenters. The first-order valence-electron chi connectivity index (χ1n) is 6.05. The molecule has 0 amide bonds. The van der Waals surface area contributed by atoms with Gasteiger partial charge in [0, 0.05) is 12.6 Å². The zero-order valence-electron chi connectivity index (χ0n) is 10.6. The van der Waals surface area contributed by atoms with Gasteiger partial charge in [0.2, 0.25) is 5.88 Å². The van der Waals surface area contributed by atoms with Gasteiger partial charge >= 0.3 is 0 Å². The van der Waals surface area contributed by atoms with Gasteiger partial charge in [-0.2, -0.15) is 5.26 Å². The highest BCUT2D eigenvalue weighted by molar-refractivity contribution is 5.41. The van der Waals surface area contributed by atoms with Crippen molar-refractivity contribution in [3.63, 3.8) is 0 Å². The first-order chi connectivity index (χ1) is 9.31. The van der Waals surface area contributed by atoms with Crippen molar-refractivity contribution in [1.82, 2.24) is 9.97 Å². The summed E-state index contributed by atoms with van der Waals surface area (Å²) < 4.78 is 5.60. The Kier molecular flexibility index (Phi) is 4.29. The van der Waals surface area contributed by atoms with Crippen molar-refractivity contribution in [2.24, 2.45) is 0 Å². The highest BCUT2D eigenvalue weighted by Crippen LogP contribution is 2.21. The third-order valence-electron chi connectivity index (χ3n) is 2.38. The Morgan fingerprint density at radius 2 is 2.21 bits per heavy atom. The van der Waals surface area contributed by atoms with Gasteiger partial charge in [-0.25, -0.2) is 9.97 Å². The molecule has 0 bridgehead atoms. The number of nitrogens with zero attached hydrogens (tertiary/aromatic N) is 3. The SMILES string of the molecule is CCCNc1cc(Oc2cccc(C#N)c2)ncn1. The molecule has 2 aromatic rings. The van der Waals surface area contributed by atoms with Crippen LogP contribution in [0, 0.1) is 11.3 Å². The van der Waals surface area contributed by atoms with Crippen LogP contribution >= 0.6 is 0 Å². The van der Waals surface area contributed by atoms with E-state index >= 15 is 0 Å². The number of nitriles is 1. The second-order valence-corrected chi connectivity index (χ2v) is 3.91. The number of hydrogen-bond acceptors (Lipinski definition) is 5. The van der Waals surface area contributed by atoms with Crippen LogP contribution in [0.3, 0.4) is 0 Å². The number of hydrogen-bond donors (Lipinski definition) is 1. The van der Waals surface area contributed by atoms with Gasteiger partial charge in [0.25, 0.3) is 0 Å². The molecule has 2 rings (SSSR count). The van der Waals surface area contributed by atoms with Crippen molar-refractivity contribution in [2.45, 2.75) is 13.3 Å². The summed E-state index contributed by atoms with van der Waals surface area (Å²) in [4.78, 5) is 8.14. The number of nitrogens with one attached hydrogen (secondary N) is 1.